The van der Waals surface area contributed by atoms with Crippen molar-refractivity contribution < 1.29 is 8.42 Å². The molecule has 4 nitrogen and oxygen atoms in total. The Labute approximate surface area is 147 Å². The Hall–Kier alpha value is -2.58. The Morgan fingerprint density at radius 3 is 2.60 bits per heavy atom. The van der Waals surface area contributed by atoms with Crippen LogP contribution in [0.5, 0.6) is 0 Å². The number of aromatic nitrogens is 1. The quantitative estimate of drug-likeness (QED) is 0.706. The molecule has 0 fully saturated rings. The lowest BCUT2D eigenvalue weighted by molar-refractivity contribution is 0.567. The van der Waals surface area contributed by atoms with Crippen molar-refractivity contribution in [2.45, 2.75) is 31.1 Å². The molecule has 0 spiro atoms. The molecule has 1 heterocycles. The van der Waals surface area contributed by atoms with E-state index in [9.17, 15) is 13.7 Å². The van der Waals surface area contributed by atoms with Gasteiger partial charge in [0.25, 0.3) is 10.0 Å². The van der Waals surface area contributed by atoms with Crippen molar-refractivity contribution in [2.75, 3.05) is 0 Å². The van der Waals surface area contributed by atoms with Gasteiger partial charge in [-0.25, -0.2) is 12.4 Å². The summed E-state index contributed by atoms with van der Waals surface area (Å²) in [5.74, 6) is 0.00940. The molecule has 1 aliphatic carbocycles. The van der Waals surface area contributed by atoms with Crippen LogP contribution < -0.4 is 0 Å². The first-order chi connectivity index (χ1) is 12.0. The zero-order valence-electron chi connectivity index (χ0n) is 13.9. The van der Waals surface area contributed by atoms with Crippen molar-refractivity contribution in [3.8, 4) is 6.07 Å². The third kappa shape index (κ3) is 2.54. The summed E-state index contributed by atoms with van der Waals surface area (Å²) in [6, 6.07) is 15.0. The minimum atomic E-state index is -3.63. The van der Waals surface area contributed by atoms with Crippen molar-refractivity contribution in [2.24, 2.45) is 5.92 Å². The van der Waals surface area contributed by atoms with Crippen LogP contribution >= 0.6 is 0 Å². The first-order valence-electron chi connectivity index (χ1n) is 8.34. The molecular formula is C20H18N2O2S. The van der Waals surface area contributed by atoms with Crippen LogP contribution in [0.15, 0.2) is 53.6 Å². The molecule has 0 amide bonds. The lowest BCUT2D eigenvalue weighted by atomic mass is 9.83. The van der Waals surface area contributed by atoms with Gasteiger partial charge >= 0.3 is 0 Å². The molecule has 4 rings (SSSR count). The summed E-state index contributed by atoms with van der Waals surface area (Å²) >= 11 is 0. The highest BCUT2D eigenvalue weighted by Gasteiger charge is 2.24. The number of hydrogen-bond donors (Lipinski definition) is 0. The molecule has 0 saturated carbocycles. The minimum Gasteiger partial charge on any atom is -0.241 e. The molecule has 0 bridgehead atoms. The van der Waals surface area contributed by atoms with Crippen LogP contribution in [0.3, 0.4) is 0 Å². The highest BCUT2D eigenvalue weighted by atomic mass is 32.2. The lowest BCUT2D eigenvalue weighted by Crippen LogP contribution is -2.14. The fourth-order valence-corrected chi connectivity index (χ4v) is 4.94. The van der Waals surface area contributed by atoms with E-state index in [-0.39, 0.29) is 10.8 Å². The monoisotopic (exact) mass is 350 g/mol. The van der Waals surface area contributed by atoms with E-state index in [1.807, 2.05) is 25.1 Å². The molecule has 126 valence electrons. The van der Waals surface area contributed by atoms with E-state index in [4.69, 9.17) is 0 Å². The second-order valence-corrected chi connectivity index (χ2v) is 8.45. The molecule has 1 atom stereocenters. The fourth-order valence-electron chi connectivity index (χ4n) is 3.60. The summed E-state index contributed by atoms with van der Waals surface area (Å²) in [5.41, 5.74) is 4.04. The topological polar surface area (TPSA) is 62.9 Å². The summed E-state index contributed by atoms with van der Waals surface area (Å²) in [6.07, 6.45) is 4.06. The highest BCUT2D eigenvalue weighted by Crippen LogP contribution is 2.33. The van der Waals surface area contributed by atoms with Gasteiger partial charge in [-0.1, -0.05) is 23.8 Å². The molecule has 0 saturated heterocycles. The van der Waals surface area contributed by atoms with Crippen LogP contribution in [0.1, 0.15) is 23.1 Å². The molecule has 5 heteroatoms. The molecule has 0 N–H and O–H groups in total. The zero-order chi connectivity index (χ0) is 17.6. The fraction of sp³-hybridized carbons (Fsp3) is 0.250. The van der Waals surface area contributed by atoms with Gasteiger partial charge < -0.3 is 0 Å². The van der Waals surface area contributed by atoms with Gasteiger partial charge in [0.15, 0.2) is 0 Å². The maximum atomic E-state index is 13.0. The molecule has 3 aromatic rings. The van der Waals surface area contributed by atoms with E-state index in [1.54, 1.807) is 30.5 Å². The minimum absolute atomic E-state index is 0.00940. The molecule has 1 unspecified atom stereocenters. The smallest absolute Gasteiger partial charge is 0.241 e. The van der Waals surface area contributed by atoms with E-state index in [2.05, 4.69) is 6.07 Å². The van der Waals surface area contributed by atoms with Crippen LogP contribution in [0.2, 0.25) is 0 Å². The maximum Gasteiger partial charge on any atom is 0.268 e. The second kappa shape index (κ2) is 5.75. The Balaban J connectivity index is 1.88. The highest BCUT2D eigenvalue weighted by molar-refractivity contribution is 7.90. The van der Waals surface area contributed by atoms with Crippen molar-refractivity contribution >= 4 is 20.9 Å². The van der Waals surface area contributed by atoms with E-state index < -0.39 is 10.0 Å². The molecule has 0 aliphatic heterocycles. The molecule has 25 heavy (non-hydrogen) atoms. The average molecular weight is 350 g/mol. The van der Waals surface area contributed by atoms with Crippen LogP contribution in [0.4, 0.5) is 0 Å². The Bertz CT molecular complexity index is 1100. The first-order valence-corrected chi connectivity index (χ1v) is 9.78. The van der Waals surface area contributed by atoms with Crippen LogP contribution in [0.25, 0.3) is 10.9 Å². The number of aryl methyl sites for hydroxylation is 2. The van der Waals surface area contributed by atoms with Crippen molar-refractivity contribution in [3.05, 3.63) is 65.4 Å². The van der Waals surface area contributed by atoms with E-state index in [0.29, 0.717) is 11.9 Å². The predicted octanol–water partition coefficient (Wildman–Crippen LogP) is 3.82. The summed E-state index contributed by atoms with van der Waals surface area (Å²) in [5, 5.41) is 10.2. The second-order valence-electron chi connectivity index (χ2n) is 6.63. The average Bonchev–Trinajstić information content (AvgIpc) is 3.07. The number of nitrogens with zero attached hydrogens (tertiary/aromatic N) is 2. The Kier molecular flexibility index (Phi) is 3.66. The molecule has 1 aromatic heterocycles. The van der Waals surface area contributed by atoms with Crippen LogP contribution in [0, 0.1) is 24.2 Å². The summed E-state index contributed by atoms with van der Waals surface area (Å²) in [7, 11) is -3.63. The van der Waals surface area contributed by atoms with Gasteiger partial charge in [-0.3, -0.25) is 0 Å². The SMILES string of the molecule is Cc1ccc(S(=O)(=O)n2ccc3c4c(ccc32)CCC(C#N)C4)cc1. The number of rotatable bonds is 2. The predicted molar refractivity (Wildman–Crippen MR) is 96.8 cm³/mol. The largest absolute Gasteiger partial charge is 0.268 e. The number of nitriles is 1. The molecule has 1 aliphatic rings. The van der Waals surface area contributed by atoms with Crippen molar-refractivity contribution in [1.29, 1.82) is 5.26 Å². The van der Waals surface area contributed by atoms with Gasteiger partial charge in [-0.2, -0.15) is 5.26 Å². The van der Waals surface area contributed by atoms with Gasteiger partial charge in [0.1, 0.15) is 0 Å². The van der Waals surface area contributed by atoms with Gasteiger partial charge in [0.05, 0.1) is 22.4 Å². The van der Waals surface area contributed by atoms with Crippen molar-refractivity contribution in [1.82, 2.24) is 3.97 Å². The normalized spacial score (nSPS) is 17.2. The van der Waals surface area contributed by atoms with E-state index in [1.165, 1.54) is 9.54 Å². The van der Waals surface area contributed by atoms with Gasteiger partial charge in [0.2, 0.25) is 0 Å². The van der Waals surface area contributed by atoms with Crippen molar-refractivity contribution in [3.63, 3.8) is 0 Å². The van der Waals surface area contributed by atoms with E-state index in [0.717, 1.165) is 29.4 Å². The number of fused-ring (bicyclic) bond motifs is 3. The van der Waals surface area contributed by atoms with Gasteiger partial charge in [-0.05, 0) is 61.6 Å². The third-order valence-electron chi connectivity index (χ3n) is 5.02. The van der Waals surface area contributed by atoms with Gasteiger partial charge in [0, 0.05) is 11.6 Å². The van der Waals surface area contributed by atoms with Crippen LogP contribution in [-0.4, -0.2) is 12.4 Å². The van der Waals surface area contributed by atoms with Gasteiger partial charge in [-0.15, -0.1) is 0 Å². The summed E-state index contributed by atoms with van der Waals surface area (Å²) in [6.45, 7) is 1.93. The summed E-state index contributed by atoms with van der Waals surface area (Å²) in [4.78, 5) is 0.281. The standard InChI is InChI=1S/C20H18N2O2S/c1-14-2-7-17(8-3-14)25(23,24)22-11-10-18-19-12-15(13-21)4-5-16(19)6-9-20(18)22/h2-3,6-11,15H,4-5,12H2,1H3. The van der Waals surface area contributed by atoms with Crippen LogP contribution in [-0.2, 0) is 22.9 Å². The molecule has 0 radical (unpaired) electrons. The molecular weight excluding hydrogens is 332 g/mol. The maximum absolute atomic E-state index is 13.0. The number of hydrogen-bond acceptors (Lipinski definition) is 3. The number of benzene rings is 2. The Morgan fingerprint density at radius 1 is 1.12 bits per heavy atom. The molecule has 2 aromatic carbocycles. The third-order valence-corrected chi connectivity index (χ3v) is 6.72. The van der Waals surface area contributed by atoms with E-state index >= 15 is 0 Å². The zero-order valence-corrected chi connectivity index (χ0v) is 14.8. The lowest BCUT2D eigenvalue weighted by Gasteiger charge is -2.20. The first kappa shape index (κ1) is 15.9. The summed E-state index contributed by atoms with van der Waals surface area (Å²) < 4.78 is 27.4. The Morgan fingerprint density at radius 2 is 1.88 bits per heavy atom.